The molecule has 2 heteroatoms. The van der Waals surface area contributed by atoms with Gasteiger partial charge in [-0.1, -0.05) is 13.8 Å². The van der Waals surface area contributed by atoms with E-state index >= 15 is 0 Å². The molecule has 1 heterocycles. The first-order chi connectivity index (χ1) is 4.71. The molecule has 1 saturated heterocycles. The Morgan fingerprint density at radius 3 is 2.90 bits per heavy atom. The number of nitrogens with one attached hydrogen (secondary N) is 1. The Bertz CT molecular complexity index is 91.4. The lowest BCUT2D eigenvalue weighted by atomic mass is 9.92. The largest absolute Gasteiger partial charge is 0.316 e. The van der Waals surface area contributed by atoms with Crippen molar-refractivity contribution in [3.8, 4) is 0 Å². The van der Waals surface area contributed by atoms with Crippen LogP contribution in [-0.4, -0.2) is 24.6 Å². The highest BCUT2D eigenvalue weighted by molar-refractivity contribution is 7.99. The molecule has 0 aromatic carbocycles. The van der Waals surface area contributed by atoms with Crippen molar-refractivity contribution in [1.29, 1.82) is 0 Å². The van der Waals surface area contributed by atoms with Crippen molar-refractivity contribution in [2.75, 3.05) is 24.6 Å². The van der Waals surface area contributed by atoms with Crippen LogP contribution in [0.3, 0.4) is 0 Å². The summed E-state index contributed by atoms with van der Waals surface area (Å²) in [4.78, 5) is 0. The molecule has 1 N–H and O–H groups in total. The molecule has 0 spiro atoms. The summed E-state index contributed by atoms with van der Waals surface area (Å²) in [6.07, 6.45) is 1.32. The second-order valence-corrected chi connectivity index (χ2v) is 4.82. The van der Waals surface area contributed by atoms with Gasteiger partial charge in [-0.05, 0) is 24.1 Å². The fourth-order valence-corrected chi connectivity index (χ4v) is 2.25. The fourth-order valence-electron chi connectivity index (χ4n) is 1.12. The minimum atomic E-state index is 0.554. The smallest absolute Gasteiger partial charge is 0.00583 e. The van der Waals surface area contributed by atoms with Crippen molar-refractivity contribution in [3.63, 3.8) is 0 Å². The summed E-state index contributed by atoms with van der Waals surface area (Å²) in [7, 11) is 0. The molecule has 1 aliphatic heterocycles. The molecule has 1 fully saturated rings. The summed E-state index contributed by atoms with van der Waals surface area (Å²) < 4.78 is 0. The molecule has 0 aliphatic carbocycles. The first kappa shape index (κ1) is 8.41. The molecular formula is C8H17NS. The molecule has 0 atom stereocenters. The van der Waals surface area contributed by atoms with Crippen LogP contribution < -0.4 is 5.32 Å². The molecule has 0 aromatic heterocycles. The third-order valence-electron chi connectivity index (χ3n) is 1.89. The maximum Gasteiger partial charge on any atom is 0.00583 e. The number of hydrogen-bond acceptors (Lipinski definition) is 2. The molecule has 1 rings (SSSR count). The fraction of sp³-hybridized carbons (Fsp3) is 1.00. The standard InChI is InChI=1S/C8H17NS/c1-8(2)3-4-9-5-6-10-7-8/h9H,3-7H2,1-2H3. The first-order valence-corrected chi connectivity index (χ1v) is 5.15. The lowest BCUT2D eigenvalue weighted by molar-refractivity contribution is 0.374. The van der Waals surface area contributed by atoms with Crippen molar-refractivity contribution in [3.05, 3.63) is 0 Å². The van der Waals surface area contributed by atoms with Crippen LogP contribution in [0.2, 0.25) is 0 Å². The zero-order valence-corrected chi connectivity index (χ0v) is 7.76. The van der Waals surface area contributed by atoms with Crippen molar-refractivity contribution in [2.45, 2.75) is 20.3 Å². The van der Waals surface area contributed by atoms with E-state index in [9.17, 15) is 0 Å². The molecule has 0 bridgehead atoms. The average Bonchev–Trinajstić information content (AvgIpc) is 1.81. The number of rotatable bonds is 0. The summed E-state index contributed by atoms with van der Waals surface area (Å²) in [5.41, 5.74) is 0.554. The molecule has 10 heavy (non-hydrogen) atoms. The van der Waals surface area contributed by atoms with E-state index in [2.05, 4.69) is 30.9 Å². The quantitative estimate of drug-likeness (QED) is 0.578. The van der Waals surface area contributed by atoms with Gasteiger partial charge in [-0.2, -0.15) is 11.8 Å². The zero-order valence-electron chi connectivity index (χ0n) is 6.94. The van der Waals surface area contributed by atoms with E-state index in [4.69, 9.17) is 0 Å². The van der Waals surface area contributed by atoms with Gasteiger partial charge in [-0.15, -0.1) is 0 Å². The molecule has 0 saturated carbocycles. The Labute approximate surface area is 68.0 Å². The first-order valence-electron chi connectivity index (χ1n) is 3.99. The summed E-state index contributed by atoms with van der Waals surface area (Å²) in [5.74, 6) is 2.61. The van der Waals surface area contributed by atoms with Gasteiger partial charge in [0.05, 0.1) is 0 Å². The lowest BCUT2D eigenvalue weighted by Crippen LogP contribution is -2.29. The zero-order chi connectivity index (χ0) is 7.45. The second kappa shape index (κ2) is 3.63. The molecule has 0 aromatic rings. The van der Waals surface area contributed by atoms with Gasteiger partial charge in [0.25, 0.3) is 0 Å². The minimum Gasteiger partial charge on any atom is -0.316 e. The van der Waals surface area contributed by atoms with E-state index in [0.717, 1.165) is 0 Å². The third kappa shape index (κ3) is 2.93. The van der Waals surface area contributed by atoms with Gasteiger partial charge in [0.1, 0.15) is 0 Å². The molecule has 1 aliphatic rings. The van der Waals surface area contributed by atoms with Crippen LogP contribution in [0.5, 0.6) is 0 Å². The summed E-state index contributed by atoms with van der Waals surface area (Å²) in [5, 5.41) is 3.42. The van der Waals surface area contributed by atoms with Crippen LogP contribution in [0.1, 0.15) is 20.3 Å². The van der Waals surface area contributed by atoms with Gasteiger partial charge in [-0.3, -0.25) is 0 Å². The maximum absolute atomic E-state index is 3.42. The summed E-state index contributed by atoms with van der Waals surface area (Å²) in [6, 6.07) is 0. The summed E-state index contributed by atoms with van der Waals surface area (Å²) in [6.45, 7) is 7.11. The lowest BCUT2D eigenvalue weighted by Gasteiger charge is -2.26. The van der Waals surface area contributed by atoms with E-state index < -0.39 is 0 Å². The van der Waals surface area contributed by atoms with Gasteiger partial charge in [0, 0.05) is 12.3 Å². The molecule has 0 unspecified atom stereocenters. The van der Waals surface area contributed by atoms with Crippen molar-refractivity contribution < 1.29 is 0 Å². The van der Waals surface area contributed by atoms with E-state index in [0.29, 0.717) is 5.41 Å². The van der Waals surface area contributed by atoms with Gasteiger partial charge in [0.15, 0.2) is 0 Å². The number of hydrogen-bond donors (Lipinski definition) is 1. The Kier molecular flexibility index (Phi) is 3.05. The summed E-state index contributed by atoms with van der Waals surface area (Å²) >= 11 is 2.07. The predicted octanol–water partition coefficient (Wildman–Crippen LogP) is 1.74. The Morgan fingerprint density at radius 1 is 1.30 bits per heavy atom. The van der Waals surface area contributed by atoms with Gasteiger partial charge in [-0.25, -0.2) is 0 Å². The van der Waals surface area contributed by atoms with E-state index in [1.54, 1.807) is 0 Å². The molecule has 0 radical (unpaired) electrons. The molecular weight excluding hydrogens is 142 g/mol. The van der Waals surface area contributed by atoms with Crippen LogP contribution >= 0.6 is 11.8 Å². The SMILES string of the molecule is CC1(C)CCNCCSC1. The van der Waals surface area contributed by atoms with Gasteiger partial charge in [0.2, 0.25) is 0 Å². The second-order valence-electron chi connectivity index (χ2n) is 3.72. The third-order valence-corrected chi connectivity index (χ3v) is 3.37. The van der Waals surface area contributed by atoms with E-state index in [-0.39, 0.29) is 0 Å². The Hall–Kier alpha value is 0.310. The van der Waals surface area contributed by atoms with Crippen LogP contribution in [0.4, 0.5) is 0 Å². The Morgan fingerprint density at radius 2 is 2.10 bits per heavy atom. The van der Waals surface area contributed by atoms with E-state index in [1.807, 2.05) is 0 Å². The van der Waals surface area contributed by atoms with Gasteiger partial charge >= 0.3 is 0 Å². The van der Waals surface area contributed by atoms with E-state index in [1.165, 1.54) is 31.0 Å². The predicted molar refractivity (Wildman–Crippen MR) is 48.6 cm³/mol. The topological polar surface area (TPSA) is 12.0 Å². The highest BCUT2D eigenvalue weighted by Crippen LogP contribution is 2.25. The molecule has 60 valence electrons. The molecule has 0 amide bonds. The Balaban J connectivity index is 2.30. The van der Waals surface area contributed by atoms with Crippen LogP contribution in [0, 0.1) is 5.41 Å². The highest BCUT2D eigenvalue weighted by atomic mass is 32.2. The normalized spacial score (nSPS) is 27.0. The van der Waals surface area contributed by atoms with Gasteiger partial charge < -0.3 is 5.32 Å². The van der Waals surface area contributed by atoms with Crippen LogP contribution in [-0.2, 0) is 0 Å². The molecule has 1 nitrogen and oxygen atoms in total. The minimum absolute atomic E-state index is 0.554. The van der Waals surface area contributed by atoms with Crippen molar-refractivity contribution in [2.24, 2.45) is 5.41 Å². The average molecular weight is 159 g/mol. The van der Waals surface area contributed by atoms with Crippen molar-refractivity contribution in [1.82, 2.24) is 5.32 Å². The highest BCUT2D eigenvalue weighted by Gasteiger charge is 2.18. The maximum atomic E-state index is 3.42. The van der Waals surface area contributed by atoms with Crippen LogP contribution in [0.25, 0.3) is 0 Å². The van der Waals surface area contributed by atoms with Crippen LogP contribution in [0.15, 0.2) is 0 Å². The monoisotopic (exact) mass is 159 g/mol. The van der Waals surface area contributed by atoms with Crippen molar-refractivity contribution >= 4 is 11.8 Å². The number of thioether (sulfide) groups is 1.